The molecule has 0 aliphatic rings. The molecule has 0 spiro atoms. The number of hydrogen-bond acceptors (Lipinski definition) is 2. The SMILES string of the molecule is CN(C)/C=C(/Cl)C(=O)C(F)(F)F. The second-order valence-corrected chi connectivity index (χ2v) is 2.67. The topological polar surface area (TPSA) is 20.3 Å². The molecule has 0 amide bonds. The zero-order chi connectivity index (χ0) is 9.94. The molecular weight excluding hydrogens is 195 g/mol. The minimum atomic E-state index is -4.90. The molecule has 0 aromatic carbocycles. The maximum atomic E-state index is 11.7. The van der Waals surface area contributed by atoms with E-state index in [0.717, 1.165) is 6.20 Å². The molecule has 0 saturated carbocycles. The number of allylic oxidation sites excluding steroid dienone is 1. The van der Waals surface area contributed by atoms with Crippen LogP contribution in [-0.4, -0.2) is 31.0 Å². The van der Waals surface area contributed by atoms with Crippen LogP contribution in [0.1, 0.15) is 0 Å². The third-order valence-corrected chi connectivity index (χ3v) is 1.12. The Kier molecular flexibility index (Phi) is 3.57. The summed E-state index contributed by atoms with van der Waals surface area (Å²) in [5.41, 5.74) is 0. The molecule has 0 aromatic heterocycles. The van der Waals surface area contributed by atoms with Crippen molar-refractivity contribution in [1.29, 1.82) is 0 Å². The highest BCUT2D eigenvalue weighted by Crippen LogP contribution is 2.22. The van der Waals surface area contributed by atoms with Gasteiger partial charge in [-0.15, -0.1) is 0 Å². The van der Waals surface area contributed by atoms with Crippen molar-refractivity contribution in [3.8, 4) is 0 Å². The average Bonchev–Trinajstić information content (AvgIpc) is 1.82. The zero-order valence-electron chi connectivity index (χ0n) is 6.44. The summed E-state index contributed by atoms with van der Waals surface area (Å²) in [5.74, 6) is -2.03. The van der Waals surface area contributed by atoms with Crippen LogP contribution in [0.15, 0.2) is 11.2 Å². The van der Waals surface area contributed by atoms with E-state index in [2.05, 4.69) is 0 Å². The van der Waals surface area contributed by atoms with E-state index in [4.69, 9.17) is 11.6 Å². The molecule has 0 aromatic rings. The Balaban J connectivity index is 4.51. The molecule has 0 atom stereocenters. The van der Waals surface area contributed by atoms with E-state index in [0.29, 0.717) is 0 Å². The molecule has 0 N–H and O–H groups in total. The monoisotopic (exact) mass is 201 g/mol. The molecule has 0 unspecified atom stereocenters. The van der Waals surface area contributed by atoms with E-state index in [1.165, 1.54) is 19.0 Å². The number of hydrogen-bond donors (Lipinski definition) is 0. The van der Waals surface area contributed by atoms with Gasteiger partial charge in [0.1, 0.15) is 5.03 Å². The highest BCUT2D eigenvalue weighted by molar-refractivity contribution is 6.43. The van der Waals surface area contributed by atoms with Crippen LogP contribution in [-0.2, 0) is 4.79 Å². The first kappa shape index (κ1) is 11.3. The fourth-order valence-corrected chi connectivity index (χ4v) is 0.723. The van der Waals surface area contributed by atoms with E-state index < -0.39 is 17.0 Å². The Morgan fingerprint density at radius 2 is 1.83 bits per heavy atom. The minimum absolute atomic E-state index is 0.840. The van der Waals surface area contributed by atoms with Crippen molar-refractivity contribution in [2.24, 2.45) is 0 Å². The number of ketones is 1. The second-order valence-electron chi connectivity index (χ2n) is 2.27. The lowest BCUT2D eigenvalue weighted by atomic mass is 10.3. The van der Waals surface area contributed by atoms with Crippen molar-refractivity contribution in [3.05, 3.63) is 11.2 Å². The Hall–Kier alpha value is -0.710. The molecule has 0 radical (unpaired) electrons. The van der Waals surface area contributed by atoms with Crippen LogP contribution < -0.4 is 0 Å². The first-order valence-corrected chi connectivity index (χ1v) is 3.28. The first-order chi connectivity index (χ1) is 5.25. The number of nitrogens with zero attached hydrogens (tertiary/aromatic N) is 1. The molecule has 2 nitrogen and oxygen atoms in total. The molecular formula is C6H7ClF3NO. The van der Waals surface area contributed by atoms with E-state index in [1.807, 2.05) is 0 Å². The van der Waals surface area contributed by atoms with E-state index >= 15 is 0 Å². The van der Waals surface area contributed by atoms with Crippen LogP contribution in [0.3, 0.4) is 0 Å². The van der Waals surface area contributed by atoms with Crippen LogP contribution >= 0.6 is 11.6 Å². The zero-order valence-corrected chi connectivity index (χ0v) is 7.20. The molecule has 0 aliphatic heterocycles. The predicted octanol–water partition coefficient (Wildman–Crippen LogP) is 1.76. The molecule has 0 heterocycles. The maximum Gasteiger partial charge on any atom is 0.455 e. The number of alkyl halides is 3. The molecule has 0 aliphatic carbocycles. The highest BCUT2D eigenvalue weighted by Gasteiger charge is 2.40. The predicted molar refractivity (Wildman–Crippen MR) is 38.7 cm³/mol. The van der Waals surface area contributed by atoms with Gasteiger partial charge in [-0.05, 0) is 0 Å². The first-order valence-electron chi connectivity index (χ1n) is 2.90. The van der Waals surface area contributed by atoms with Crippen molar-refractivity contribution >= 4 is 17.4 Å². The highest BCUT2D eigenvalue weighted by atomic mass is 35.5. The summed E-state index contributed by atoms with van der Waals surface area (Å²) in [7, 11) is 2.93. The Labute approximate surface area is 72.6 Å². The van der Waals surface area contributed by atoms with Crippen molar-refractivity contribution in [2.45, 2.75) is 6.18 Å². The molecule has 0 bridgehead atoms. The fourth-order valence-electron chi connectivity index (χ4n) is 0.421. The van der Waals surface area contributed by atoms with Gasteiger partial charge in [0.25, 0.3) is 5.78 Å². The number of rotatable bonds is 2. The van der Waals surface area contributed by atoms with Gasteiger partial charge in [-0.25, -0.2) is 0 Å². The van der Waals surface area contributed by atoms with Gasteiger partial charge in [0.05, 0.1) is 0 Å². The number of carbonyl (C=O) groups is 1. The second kappa shape index (κ2) is 3.80. The molecule has 0 fully saturated rings. The third-order valence-electron chi connectivity index (χ3n) is 0.846. The number of Topliss-reactive ketones (excluding diaryl/α,β-unsaturated/α-hetero) is 1. The lowest BCUT2D eigenvalue weighted by Gasteiger charge is -2.07. The molecule has 12 heavy (non-hydrogen) atoms. The van der Waals surface area contributed by atoms with Gasteiger partial charge in [0.15, 0.2) is 0 Å². The summed E-state index contributed by atoms with van der Waals surface area (Å²) in [6.45, 7) is 0. The van der Waals surface area contributed by atoms with Crippen molar-refractivity contribution in [1.82, 2.24) is 4.90 Å². The van der Waals surface area contributed by atoms with Crippen molar-refractivity contribution < 1.29 is 18.0 Å². The summed E-state index contributed by atoms with van der Waals surface area (Å²) < 4.78 is 35.0. The van der Waals surface area contributed by atoms with Gasteiger partial charge in [-0.3, -0.25) is 4.79 Å². The summed E-state index contributed by atoms with van der Waals surface area (Å²) in [6, 6.07) is 0. The van der Waals surface area contributed by atoms with Crippen molar-refractivity contribution in [3.63, 3.8) is 0 Å². The van der Waals surface area contributed by atoms with Gasteiger partial charge in [-0.2, -0.15) is 13.2 Å². The normalized spacial score (nSPS) is 13.0. The Morgan fingerprint density at radius 3 is 2.08 bits per heavy atom. The minimum Gasteiger partial charge on any atom is -0.382 e. The third kappa shape index (κ3) is 3.61. The van der Waals surface area contributed by atoms with Crippen LogP contribution in [0.25, 0.3) is 0 Å². The van der Waals surface area contributed by atoms with Crippen LogP contribution in [0, 0.1) is 0 Å². The van der Waals surface area contributed by atoms with Crippen LogP contribution in [0.2, 0.25) is 0 Å². The summed E-state index contributed by atoms with van der Waals surface area (Å²) in [6.07, 6.45) is -4.00. The maximum absolute atomic E-state index is 11.7. The smallest absolute Gasteiger partial charge is 0.382 e. The van der Waals surface area contributed by atoms with E-state index in [9.17, 15) is 18.0 Å². The lowest BCUT2D eigenvalue weighted by molar-refractivity contribution is -0.165. The lowest BCUT2D eigenvalue weighted by Crippen LogP contribution is -2.23. The van der Waals surface area contributed by atoms with E-state index in [1.54, 1.807) is 0 Å². The van der Waals surface area contributed by atoms with Gasteiger partial charge in [0.2, 0.25) is 0 Å². The van der Waals surface area contributed by atoms with Crippen molar-refractivity contribution in [2.75, 3.05) is 14.1 Å². The van der Waals surface area contributed by atoms with Gasteiger partial charge < -0.3 is 4.90 Å². The quantitative estimate of drug-likeness (QED) is 0.635. The van der Waals surface area contributed by atoms with E-state index in [-0.39, 0.29) is 0 Å². The average molecular weight is 202 g/mol. The largest absolute Gasteiger partial charge is 0.455 e. The summed E-state index contributed by atoms with van der Waals surface area (Å²) in [5, 5.41) is -0.840. The number of carbonyl (C=O) groups excluding carboxylic acids is 1. The van der Waals surface area contributed by atoms with Gasteiger partial charge in [-0.1, -0.05) is 11.6 Å². The summed E-state index contributed by atoms with van der Waals surface area (Å²) >= 11 is 5.06. The van der Waals surface area contributed by atoms with Gasteiger partial charge in [0, 0.05) is 20.3 Å². The Morgan fingerprint density at radius 1 is 1.42 bits per heavy atom. The molecule has 0 saturated heterocycles. The van der Waals surface area contributed by atoms with Crippen LogP contribution in [0.4, 0.5) is 13.2 Å². The molecule has 0 rings (SSSR count). The number of halogens is 4. The summed E-state index contributed by atoms with van der Waals surface area (Å²) in [4.78, 5) is 11.6. The standard InChI is InChI=1S/C6H7ClF3NO/c1-11(2)3-4(7)5(12)6(8,9)10/h3H,1-2H3/b4-3+. The fraction of sp³-hybridized carbons (Fsp3) is 0.500. The van der Waals surface area contributed by atoms with Crippen LogP contribution in [0.5, 0.6) is 0 Å². The molecule has 6 heteroatoms. The van der Waals surface area contributed by atoms with Gasteiger partial charge >= 0.3 is 6.18 Å². The Bertz CT molecular complexity index is 209. The molecule has 70 valence electrons.